The first-order chi connectivity index (χ1) is 14.5. The van der Waals surface area contributed by atoms with Crippen LogP contribution in [0.15, 0.2) is 78.9 Å². The van der Waals surface area contributed by atoms with Crippen molar-refractivity contribution in [1.29, 1.82) is 0 Å². The van der Waals surface area contributed by atoms with E-state index in [1.165, 1.54) is 0 Å². The quantitative estimate of drug-likeness (QED) is 0.376. The van der Waals surface area contributed by atoms with Crippen LogP contribution in [0.3, 0.4) is 0 Å². The summed E-state index contributed by atoms with van der Waals surface area (Å²) in [4.78, 5) is 24.5. The van der Waals surface area contributed by atoms with Crippen LogP contribution in [-0.2, 0) is 6.54 Å². The molecule has 0 saturated carbocycles. The minimum atomic E-state index is -0.338. The highest BCUT2D eigenvalue weighted by Gasteiger charge is 2.08. The Labute approximate surface area is 180 Å². The van der Waals surface area contributed by atoms with Gasteiger partial charge in [0, 0.05) is 23.4 Å². The smallest absolute Gasteiger partial charge is 0.269 e. The van der Waals surface area contributed by atoms with Crippen LogP contribution in [0.1, 0.15) is 31.8 Å². The summed E-state index contributed by atoms with van der Waals surface area (Å²) in [6.45, 7) is 2.52. The average Bonchev–Trinajstić information content (AvgIpc) is 2.77. The predicted octanol–water partition coefficient (Wildman–Crippen LogP) is 3.56. The molecule has 0 bridgehead atoms. The zero-order chi connectivity index (χ0) is 21.3. The van der Waals surface area contributed by atoms with E-state index in [9.17, 15) is 9.59 Å². The topological polar surface area (TPSA) is 82.3 Å². The molecule has 0 fully saturated rings. The van der Waals surface area contributed by atoms with E-state index in [0.717, 1.165) is 11.1 Å². The number of thiocarbonyl (C=S) groups is 1. The van der Waals surface area contributed by atoms with Crippen LogP contribution in [0.25, 0.3) is 0 Å². The maximum Gasteiger partial charge on any atom is 0.269 e. The van der Waals surface area contributed by atoms with Gasteiger partial charge in [0.1, 0.15) is 0 Å². The van der Waals surface area contributed by atoms with Gasteiger partial charge in [-0.1, -0.05) is 48.0 Å². The molecule has 0 aliphatic rings. The summed E-state index contributed by atoms with van der Waals surface area (Å²) in [7, 11) is 0. The number of anilines is 1. The fourth-order valence-corrected chi connectivity index (χ4v) is 2.74. The second-order valence-corrected chi connectivity index (χ2v) is 7.05. The molecule has 6 nitrogen and oxygen atoms in total. The van der Waals surface area contributed by atoms with Crippen molar-refractivity contribution >= 4 is 34.8 Å². The van der Waals surface area contributed by atoms with Crippen molar-refractivity contribution in [2.24, 2.45) is 0 Å². The van der Waals surface area contributed by atoms with E-state index in [-0.39, 0.29) is 11.8 Å². The number of benzene rings is 3. The van der Waals surface area contributed by atoms with E-state index in [2.05, 4.69) is 21.5 Å². The molecule has 2 amide bonds. The summed E-state index contributed by atoms with van der Waals surface area (Å²) in [6, 6.07) is 23.7. The second-order valence-electron chi connectivity index (χ2n) is 6.64. The molecule has 3 rings (SSSR count). The Morgan fingerprint density at radius 2 is 1.37 bits per heavy atom. The summed E-state index contributed by atoms with van der Waals surface area (Å²) in [5.41, 5.74) is 9.00. The first-order valence-electron chi connectivity index (χ1n) is 9.37. The van der Waals surface area contributed by atoms with Crippen molar-refractivity contribution in [2.45, 2.75) is 13.5 Å². The van der Waals surface area contributed by atoms with Crippen LogP contribution in [0.2, 0.25) is 0 Å². The number of hydrazine groups is 1. The van der Waals surface area contributed by atoms with Crippen LogP contribution in [0.5, 0.6) is 0 Å². The molecule has 3 aromatic carbocycles. The maximum absolute atomic E-state index is 12.3. The van der Waals surface area contributed by atoms with Crippen molar-refractivity contribution in [3.05, 3.63) is 101 Å². The Morgan fingerprint density at radius 1 is 0.767 bits per heavy atom. The lowest BCUT2D eigenvalue weighted by Gasteiger charge is -2.12. The molecule has 152 valence electrons. The summed E-state index contributed by atoms with van der Waals surface area (Å²) in [6.07, 6.45) is 0. The van der Waals surface area contributed by atoms with Gasteiger partial charge >= 0.3 is 0 Å². The Balaban J connectivity index is 1.46. The molecule has 30 heavy (non-hydrogen) atoms. The molecule has 0 spiro atoms. The third-order valence-corrected chi connectivity index (χ3v) is 4.55. The number of aryl methyl sites for hydroxylation is 1. The lowest BCUT2D eigenvalue weighted by molar-refractivity contribution is 0.0943. The standard InChI is InChI=1S/C23H22N4O2S/c1-16-7-9-18(10-8-16)21(28)25-20-13-11-19(12-14-20)22(29)26-27-23(30)24-15-17-5-3-2-4-6-17/h2-14H,15H2,1H3,(H,25,28)(H,26,29)(H2,24,27,30). The van der Waals surface area contributed by atoms with Gasteiger partial charge in [-0.3, -0.25) is 20.4 Å². The molecule has 0 atom stereocenters. The minimum absolute atomic E-state index is 0.205. The van der Waals surface area contributed by atoms with E-state index in [0.29, 0.717) is 28.5 Å². The summed E-state index contributed by atoms with van der Waals surface area (Å²) >= 11 is 5.16. The molecular weight excluding hydrogens is 396 g/mol. The summed E-state index contributed by atoms with van der Waals surface area (Å²) in [5.74, 6) is -0.543. The molecule has 0 saturated heterocycles. The van der Waals surface area contributed by atoms with Crippen molar-refractivity contribution in [2.75, 3.05) is 5.32 Å². The predicted molar refractivity (Wildman–Crippen MR) is 122 cm³/mol. The molecule has 0 heterocycles. The van der Waals surface area contributed by atoms with Crippen LogP contribution in [0, 0.1) is 6.92 Å². The summed E-state index contributed by atoms with van der Waals surface area (Å²) in [5, 5.41) is 6.14. The minimum Gasteiger partial charge on any atom is -0.357 e. The molecule has 0 aliphatic heterocycles. The van der Waals surface area contributed by atoms with Crippen LogP contribution >= 0.6 is 12.2 Å². The maximum atomic E-state index is 12.3. The summed E-state index contributed by atoms with van der Waals surface area (Å²) < 4.78 is 0. The Kier molecular flexibility index (Phi) is 7.13. The van der Waals surface area contributed by atoms with Gasteiger partial charge in [0.05, 0.1) is 0 Å². The number of hydrogen-bond donors (Lipinski definition) is 4. The fraction of sp³-hybridized carbons (Fsp3) is 0.0870. The van der Waals surface area contributed by atoms with Gasteiger partial charge in [-0.05, 0) is 61.1 Å². The molecular formula is C23H22N4O2S. The normalized spacial score (nSPS) is 10.0. The van der Waals surface area contributed by atoms with E-state index >= 15 is 0 Å². The van der Waals surface area contributed by atoms with Crippen LogP contribution < -0.4 is 21.5 Å². The van der Waals surface area contributed by atoms with Crippen molar-refractivity contribution in [3.63, 3.8) is 0 Å². The zero-order valence-corrected chi connectivity index (χ0v) is 17.3. The number of hydrogen-bond acceptors (Lipinski definition) is 3. The van der Waals surface area contributed by atoms with E-state index in [1.54, 1.807) is 36.4 Å². The largest absolute Gasteiger partial charge is 0.357 e. The highest BCUT2D eigenvalue weighted by atomic mass is 32.1. The third kappa shape index (κ3) is 6.15. The third-order valence-electron chi connectivity index (χ3n) is 4.30. The molecule has 0 unspecified atom stereocenters. The number of nitrogens with one attached hydrogen (secondary N) is 4. The van der Waals surface area contributed by atoms with Crippen molar-refractivity contribution < 1.29 is 9.59 Å². The number of rotatable bonds is 5. The Morgan fingerprint density at radius 3 is 2.03 bits per heavy atom. The first-order valence-corrected chi connectivity index (χ1v) is 9.78. The SMILES string of the molecule is Cc1ccc(C(=O)Nc2ccc(C(=O)NNC(=S)NCc3ccccc3)cc2)cc1. The number of carbonyl (C=O) groups excluding carboxylic acids is 2. The first kappa shape index (κ1) is 21.0. The van der Waals surface area contributed by atoms with Gasteiger partial charge in [-0.2, -0.15) is 0 Å². The lowest BCUT2D eigenvalue weighted by Crippen LogP contribution is -2.46. The van der Waals surface area contributed by atoms with Crippen molar-refractivity contribution in [1.82, 2.24) is 16.2 Å². The second kappa shape index (κ2) is 10.2. The monoisotopic (exact) mass is 418 g/mol. The number of carbonyl (C=O) groups is 2. The Bertz CT molecular complexity index is 1020. The van der Waals surface area contributed by atoms with Gasteiger partial charge < -0.3 is 10.6 Å². The fourth-order valence-electron chi connectivity index (χ4n) is 2.62. The molecule has 4 N–H and O–H groups in total. The van der Waals surface area contributed by atoms with Gasteiger partial charge in [0.25, 0.3) is 11.8 Å². The van der Waals surface area contributed by atoms with E-state index < -0.39 is 0 Å². The van der Waals surface area contributed by atoms with Crippen molar-refractivity contribution in [3.8, 4) is 0 Å². The highest BCUT2D eigenvalue weighted by molar-refractivity contribution is 7.80. The molecule has 0 aromatic heterocycles. The van der Waals surface area contributed by atoms with Gasteiger partial charge in [0.2, 0.25) is 0 Å². The van der Waals surface area contributed by atoms with Crippen LogP contribution in [-0.4, -0.2) is 16.9 Å². The Hall–Kier alpha value is -3.71. The molecule has 3 aromatic rings. The van der Waals surface area contributed by atoms with Gasteiger partial charge in [-0.25, -0.2) is 0 Å². The van der Waals surface area contributed by atoms with Crippen LogP contribution in [0.4, 0.5) is 5.69 Å². The highest BCUT2D eigenvalue weighted by Crippen LogP contribution is 2.12. The molecule has 0 radical (unpaired) electrons. The average molecular weight is 419 g/mol. The van der Waals surface area contributed by atoms with Gasteiger partial charge in [-0.15, -0.1) is 0 Å². The van der Waals surface area contributed by atoms with E-state index in [1.807, 2.05) is 49.4 Å². The lowest BCUT2D eigenvalue weighted by atomic mass is 10.1. The van der Waals surface area contributed by atoms with Gasteiger partial charge in [0.15, 0.2) is 5.11 Å². The molecule has 7 heteroatoms. The molecule has 0 aliphatic carbocycles. The zero-order valence-electron chi connectivity index (χ0n) is 16.4. The van der Waals surface area contributed by atoms with E-state index in [4.69, 9.17) is 12.2 Å². The number of amides is 2.